The summed E-state index contributed by atoms with van der Waals surface area (Å²) in [7, 11) is 0. The molecule has 2 saturated carbocycles. The maximum absolute atomic E-state index is 12.0. The Hall–Kier alpha value is -1.34. The Morgan fingerprint density at radius 1 is 1.17 bits per heavy atom. The number of carbonyl (C=O) groups excluding carboxylic acids is 1. The van der Waals surface area contributed by atoms with Gasteiger partial charge in [0, 0.05) is 56.2 Å². The molecular weight excluding hydrogens is 366 g/mol. The fourth-order valence-electron chi connectivity index (χ4n) is 5.85. The van der Waals surface area contributed by atoms with Crippen molar-refractivity contribution >= 4 is 11.9 Å². The lowest BCUT2D eigenvalue weighted by Gasteiger charge is -2.63. The second-order valence-electron chi connectivity index (χ2n) is 9.32. The van der Waals surface area contributed by atoms with E-state index in [1.165, 1.54) is 25.7 Å². The van der Waals surface area contributed by atoms with E-state index in [9.17, 15) is 4.79 Å². The van der Waals surface area contributed by atoms with Crippen LogP contribution < -0.4 is 16.0 Å². The van der Waals surface area contributed by atoms with Gasteiger partial charge in [0.25, 0.3) is 0 Å². The van der Waals surface area contributed by atoms with Gasteiger partial charge in [-0.15, -0.1) is 0 Å². The molecule has 0 radical (unpaired) electrons. The first-order valence-corrected chi connectivity index (χ1v) is 11.8. The molecule has 0 aromatic heterocycles. The highest BCUT2D eigenvalue weighted by Crippen LogP contribution is 2.62. The summed E-state index contributed by atoms with van der Waals surface area (Å²) in [6, 6.07) is 0.944. The summed E-state index contributed by atoms with van der Waals surface area (Å²) in [6.07, 6.45) is 8.68. The Labute approximate surface area is 175 Å². The van der Waals surface area contributed by atoms with Crippen LogP contribution in [0.25, 0.3) is 0 Å². The minimum absolute atomic E-state index is 0.150. The van der Waals surface area contributed by atoms with Gasteiger partial charge in [0.15, 0.2) is 5.96 Å². The Bertz CT molecular complexity index is 598. The largest absolute Gasteiger partial charge is 0.377 e. The fraction of sp³-hybridized carbons (Fsp3) is 0.909. The number of carbonyl (C=O) groups is 1. The molecule has 1 amide bonds. The Morgan fingerprint density at radius 3 is 2.62 bits per heavy atom. The number of nitrogens with zero attached hydrogens (tertiary/aromatic N) is 2. The zero-order valence-electron chi connectivity index (χ0n) is 18.2. The molecule has 2 aliphatic carbocycles. The predicted octanol–water partition coefficient (Wildman–Crippen LogP) is 1.49. The van der Waals surface area contributed by atoms with Crippen LogP contribution in [0, 0.1) is 11.3 Å². The Balaban J connectivity index is 1.26. The number of hydrogen-bond donors (Lipinski definition) is 3. The molecule has 3 unspecified atom stereocenters. The number of amides is 1. The van der Waals surface area contributed by atoms with E-state index in [1.54, 1.807) is 0 Å². The average Bonchev–Trinajstić information content (AvgIpc) is 3.10. The molecule has 2 heterocycles. The molecule has 4 fully saturated rings. The quantitative estimate of drug-likeness (QED) is 0.442. The third-order valence-electron chi connectivity index (χ3n) is 7.51. The number of ether oxygens (including phenoxy) is 1. The molecule has 29 heavy (non-hydrogen) atoms. The van der Waals surface area contributed by atoms with E-state index in [0.717, 1.165) is 58.0 Å². The molecule has 7 heteroatoms. The van der Waals surface area contributed by atoms with Gasteiger partial charge >= 0.3 is 0 Å². The van der Waals surface area contributed by atoms with Crippen molar-refractivity contribution in [2.24, 2.45) is 16.3 Å². The van der Waals surface area contributed by atoms with Crippen LogP contribution in [-0.2, 0) is 9.53 Å². The predicted molar refractivity (Wildman–Crippen MR) is 115 cm³/mol. The van der Waals surface area contributed by atoms with Crippen molar-refractivity contribution in [2.75, 3.05) is 39.3 Å². The summed E-state index contributed by atoms with van der Waals surface area (Å²) in [5, 5.41) is 10.5. The van der Waals surface area contributed by atoms with E-state index < -0.39 is 0 Å². The highest BCUT2D eigenvalue weighted by molar-refractivity contribution is 5.81. The number of nitrogens with one attached hydrogen (secondary N) is 3. The number of hydrogen-bond acceptors (Lipinski definition) is 4. The molecular formula is C22H39N5O2. The van der Waals surface area contributed by atoms with Crippen LogP contribution in [0.2, 0.25) is 0 Å². The molecule has 4 aliphatic rings. The molecule has 164 valence electrons. The SMILES string of the molecule is CCCNC(=O)CN1CCC(NC(=NCC)NC2C3CCOC3C23CCC3)CC1. The molecule has 4 rings (SSSR count). The van der Waals surface area contributed by atoms with E-state index in [0.29, 0.717) is 36.1 Å². The lowest BCUT2D eigenvalue weighted by atomic mass is 9.46. The highest BCUT2D eigenvalue weighted by Gasteiger charge is 2.66. The summed E-state index contributed by atoms with van der Waals surface area (Å²) in [6.45, 7) is 9.11. The van der Waals surface area contributed by atoms with Crippen molar-refractivity contribution in [1.82, 2.24) is 20.9 Å². The first-order chi connectivity index (χ1) is 14.2. The summed E-state index contributed by atoms with van der Waals surface area (Å²) >= 11 is 0. The fourth-order valence-corrected chi connectivity index (χ4v) is 5.85. The van der Waals surface area contributed by atoms with Crippen molar-refractivity contribution in [3.8, 4) is 0 Å². The lowest BCUT2D eigenvalue weighted by Crippen LogP contribution is -2.72. The molecule has 7 nitrogen and oxygen atoms in total. The summed E-state index contributed by atoms with van der Waals surface area (Å²) in [5.41, 5.74) is 0.368. The van der Waals surface area contributed by atoms with Gasteiger partial charge in [-0.2, -0.15) is 0 Å². The van der Waals surface area contributed by atoms with E-state index in [1.807, 2.05) is 0 Å². The first kappa shape index (κ1) is 20.9. The molecule has 0 bridgehead atoms. The maximum Gasteiger partial charge on any atom is 0.234 e. The van der Waals surface area contributed by atoms with Crippen LogP contribution >= 0.6 is 0 Å². The molecule has 2 saturated heterocycles. The second-order valence-corrected chi connectivity index (χ2v) is 9.32. The van der Waals surface area contributed by atoms with Gasteiger partial charge in [-0.05, 0) is 45.4 Å². The number of aliphatic imine (C=N–C) groups is 1. The Kier molecular flexibility index (Phi) is 6.64. The third-order valence-corrected chi connectivity index (χ3v) is 7.51. The Morgan fingerprint density at radius 2 is 1.97 bits per heavy atom. The van der Waals surface area contributed by atoms with Crippen LogP contribution in [0.5, 0.6) is 0 Å². The number of piperidine rings is 1. The van der Waals surface area contributed by atoms with Crippen LogP contribution in [0.3, 0.4) is 0 Å². The van der Waals surface area contributed by atoms with E-state index in [2.05, 4.69) is 34.7 Å². The number of likely N-dealkylation sites (tertiary alicyclic amines) is 1. The second kappa shape index (κ2) is 9.21. The zero-order chi connectivity index (χ0) is 20.3. The molecule has 1 spiro atoms. The smallest absolute Gasteiger partial charge is 0.234 e. The van der Waals surface area contributed by atoms with Gasteiger partial charge in [0.1, 0.15) is 0 Å². The van der Waals surface area contributed by atoms with Gasteiger partial charge < -0.3 is 20.7 Å². The highest BCUT2D eigenvalue weighted by atomic mass is 16.5. The van der Waals surface area contributed by atoms with Gasteiger partial charge in [0.05, 0.1) is 12.6 Å². The van der Waals surface area contributed by atoms with Crippen molar-refractivity contribution in [1.29, 1.82) is 0 Å². The van der Waals surface area contributed by atoms with Crippen LogP contribution in [-0.4, -0.2) is 74.3 Å². The van der Waals surface area contributed by atoms with E-state index in [-0.39, 0.29) is 5.91 Å². The number of rotatable bonds is 7. The van der Waals surface area contributed by atoms with Gasteiger partial charge in [-0.3, -0.25) is 14.7 Å². The van der Waals surface area contributed by atoms with Gasteiger partial charge in [0.2, 0.25) is 5.91 Å². The molecule has 3 N–H and O–H groups in total. The lowest BCUT2D eigenvalue weighted by molar-refractivity contribution is -0.171. The summed E-state index contributed by atoms with van der Waals surface area (Å²) in [4.78, 5) is 19.0. The molecule has 2 aliphatic heterocycles. The topological polar surface area (TPSA) is 78.0 Å². The van der Waals surface area contributed by atoms with Crippen LogP contribution in [0.15, 0.2) is 4.99 Å². The van der Waals surface area contributed by atoms with Crippen LogP contribution in [0.1, 0.15) is 58.8 Å². The third kappa shape index (κ3) is 4.26. The minimum Gasteiger partial charge on any atom is -0.377 e. The van der Waals surface area contributed by atoms with E-state index in [4.69, 9.17) is 9.73 Å². The van der Waals surface area contributed by atoms with E-state index >= 15 is 0 Å². The van der Waals surface area contributed by atoms with Crippen molar-refractivity contribution in [3.05, 3.63) is 0 Å². The van der Waals surface area contributed by atoms with Gasteiger partial charge in [-0.25, -0.2) is 0 Å². The molecule has 3 atom stereocenters. The monoisotopic (exact) mass is 405 g/mol. The molecule has 0 aromatic rings. The molecule has 0 aromatic carbocycles. The first-order valence-electron chi connectivity index (χ1n) is 11.8. The van der Waals surface area contributed by atoms with Crippen molar-refractivity contribution in [3.63, 3.8) is 0 Å². The average molecular weight is 406 g/mol. The zero-order valence-corrected chi connectivity index (χ0v) is 18.2. The van der Waals surface area contributed by atoms with Gasteiger partial charge in [-0.1, -0.05) is 13.3 Å². The maximum atomic E-state index is 12.0. The summed E-state index contributed by atoms with van der Waals surface area (Å²) in [5.74, 6) is 1.79. The number of fused-ring (bicyclic) bond motifs is 2. The van der Waals surface area contributed by atoms with Crippen LogP contribution in [0.4, 0.5) is 0 Å². The standard InChI is InChI=1S/C22H39N5O2/c1-3-11-24-18(28)15-27-12-6-16(7-13-27)25-21(23-4-2)26-19-17-8-14-29-20(17)22(19)9-5-10-22/h16-17,19-20H,3-15H2,1-2H3,(H,24,28)(H2,23,25,26). The minimum atomic E-state index is 0.150. The van der Waals surface area contributed by atoms with Crippen molar-refractivity contribution < 1.29 is 9.53 Å². The number of guanidine groups is 1. The summed E-state index contributed by atoms with van der Waals surface area (Å²) < 4.78 is 6.06. The normalized spacial score (nSPS) is 31.7. The van der Waals surface area contributed by atoms with Crippen molar-refractivity contribution in [2.45, 2.75) is 77.0 Å².